The zero-order valence-electron chi connectivity index (χ0n) is 16.1. The molecule has 0 saturated carbocycles. The van der Waals surface area contributed by atoms with Gasteiger partial charge in [-0.15, -0.1) is 0 Å². The molecule has 1 amide bonds. The van der Waals surface area contributed by atoms with Gasteiger partial charge in [0.1, 0.15) is 11.6 Å². The van der Waals surface area contributed by atoms with Gasteiger partial charge in [0.15, 0.2) is 0 Å². The van der Waals surface area contributed by atoms with Crippen molar-refractivity contribution < 1.29 is 13.6 Å². The van der Waals surface area contributed by atoms with Crippen LogP contribution in [0.4, 0.5) is 20.4 Å². The molecule has 1 heterocycles. The van der Waals surface area contributed by atoms with Crippen LogP contribution >= 0.6 is 0 Å². The predicted molar refractivity (Wildman–Crippen MR) is 108 cm³/mol. The van der Waals surface area contributed by atoms with E-state index in [0.717, 1.165) is 22.9 Å². The Morgan fingerprint density at radius 1 is 1.14 bits per heavy atom. The van der Waals surface area contributed by atoms with Gasteiger partial charge < -0.3 is 10.6 Å². The minimum atomic E-state index is -0.781. The number of nitrogen functional groups attached to an aromatic ring is 1. The summed E-state index contributed by atoms with van der Waals surface area (Å²) in [6.45, 7) is 4.89. The van der Waals surface area contributed by atoms with E-state index in [2.05, 4.69) is 10.4 Å². The maximum atomic E-state index is 13.4. The minimum absolute atomic E-state index is 0.149. The van der Waals surface area contributed by atoms with Gasteiger partial charge in [-0.1, -0.05) is 0 Å². The number of nitrogens with two attached hydrogens (primary N) is 1. The summed E-state index contributed by atoms with van der Waals surface area (Å²) in [5.41, 5.74) is 8.77. The summed E-state index contributed by atoms with van der Waals surface area (Å²) in [4.78, 5) is 31.9. The number of halogens is 2. The highest BCUT2D eigenvalue weighted by atomic mass is 19.1. The first-order valence-corrected chi connectivity index (χ1v) is 9.14. The summed E-state index contributed by atoms with van der Waals surface area (Å²) in [6.07, 6.45) is -0.312. The average molecular weight is 401 g/mol. The molecule has 0 aliphatic heterocycles. The number of carbonyl (C=O) groups excluding carboxylic acids is 1. The number of aromatic nitrogens is 2. The monoisotopic (exact) mass is 401 g/mol. The third-order valence-electron chi connectivity index (χ3n) is 4.44. The molecule has 9 heteroatoms. The molecule has 0 aliphatic rings. The Morgan fingerprint density at radius 2 is 1.79 bits per heavy atom. The Balaban J connectivity index is 2.03. The summed E-state index contributed by atoms with van der Waals surface area (Å²) < 4.78 is 27.8. The molecule has 0 atom stereocenters. The molecule has 7 nitrogen and oxygen atoms in total. The lowest BCUT2D eigenvalue weighted by molar-refractivity contribution is -0.116. The normalized spacial score (nSPS) is 10.9. The average Bonchev–Trinajstić information content (AvgIpc) is 2.65. The summed E-state index contributed by atoms with van der Waals surface area (Å²) in [7, 11) is 0. The molecule has 0 bridgehead atoms. The quantitative estimate of drug-likeness (QED) is 0.619. The number of fused-ring (bicyclic) bond motifs is 1. The molecule has 3 N–H and O–H groups in total. The maximum Gasteiger partial charge on any atom is 0.281 e. The molecular formula is C20H21F2N5O2. The van der Waals surface area contributed by atoms with E-state index in [1.54, 1.807) is 17.0 Å². The lowest BCUT2D eigenvalue weighted by Crippen LogP contribution is -2.40. The third kappa shape index (κ3) is 4.34. The van der Waals surface area contributed by atoms with Gasteiger partial charge in [0.05, 0.1) is 17.3 Å². The van der Waals surface area contributed by atoms with Crippen LogP contribution in [-0.2, 0) is 11.2 Å². The van der Waals surface area contributed by atoms with E-state index in [1.165, 1.54) is 6.07 Å². The molecule has 0 unspecified atom stereocenters. The topological polar surface area (TPSA) is 93.2 Å². The second kappa shape index (κ2) is 8.26. The van der Waals surface area contributed by atoms with Crippen LogP contribution in [0, 0.1) is 11.6 Å². The van der Waals surface area contributed by atoms with Crippen LogP contribution in [0.5, 0.6) is 0 Å². The zero-order valence-corrected chi connectivity index (χ0v) is 16.1. The Labute approximate surface area is 165 Å². The molecule has 0 fully saturated rings. The van der Waals surface area contributed by atoms with Crippen molar-refractivity contribution in [1.29, 1.82) is 0 Å². The largest absolute Gasteiger partial charge is 0.399 e. The van der Waals surface area contributed by atoms with Crippen molar-refractivity contribution in [1.82, 2.24) is 9.66 Å². The van der Waals surface area contributed by atoms with Crippen molar-refractivity contribution in [2.75, 3.05) is 29.1 Å². The van der Waals surface area contributed by atoms with Crippen LogP contribution in [-0.4, -0.2) is 28.7 Å². The van der Waals surface area contributed by atoms with Crippen LogP contribution in [0.1, 0.15) is 19.4 Å². The first-order valence-electron chi connectivity index (χ1n) is 9.14. The highest BCUT2D eigenvalue weighted by molar-refractivity contribution is 5.87. The fraction of sp³-hybridized carbons (Fsp3) is 0.250. The van der Waals surface area contributed by atoms with Gasteiger partial charge in [0.2, 0.25) is 11.9 Å². The van der Waals surface area contributed by atoms with E-state index in [0.29, 0.717) is 24.3 Å². The third-order valence-corrected chi connectivity index (χ3v) is 4.44. The van der Waals surface area contributed by atoms with Gasteiger partial charge in [-0.2, -0.15) is 4.68 Å². The molecule has 0 radical (unpaired) electrons. The van der Waals surface area contributed by atoms with Gasteiger partial charge in [-0.3, -0.25) is 15.0 Å². The molecule has 2 aromatic carbocycles. The standard InChI is InChI=1S/C20H21F2N5O2/c1-3-26(4-2)20-24-17-6-5-15(23)11-16(17)19(29)27(20)25-18(28)9-12-7-13(21)10-14(22)8-12/h5-8,10-11H,3-4,9,23H2,1-2H3,(H,25,28). The highest BCUT2D eigenvalue weighted by Gasteiger charge is 2.18. The van der Waals surface area contributed by atoms with Crippen LogP contribution in [0.3, 0.4) is 0 Å². The smallest absolute Gasteiger partial charge is 0.281 e. The first kappa shape index (κ1) is 20.2. The van der Waals surface area contributed by atoms with E-state index >= 15 is 0 Å². The van der Waals surface area contributed by atoms with Crippen molar-refractivity contribution >= 4 is 28.4 Å². The molecule has 0 spiro atoms. The highest BCUT2D eigenvalue weighted by Crippen LogP contribution is 2.17. The number of rotatable bonds is 6. The van der Waals surface area contributed by atoms with Crippen molar-refractivity contribution in [3.8, 4) is 0 Å². The summed E-state index contributed by atoms with van der Waals surface area (Å²) in [5, 5.41) is 0.248. The summed E-state index contributed by atoms with van der Waals surface area (Å²) in [6, 6.07) is 7.62. The van der Waals surface area contributed by atoms with Gasteiger partial charge in [0.25, 0.3) is 5.56 Å². The fourth-order valence-electron chi connectivity index (χ4n) is 3.07. The number of nitrogens with zero attached hydrogens (tertiary/aromatic N) is 3. The molecule has 3 aromatic rings. The van der Waals surface area contributed by atoms with Gasteiger partial charge in [-0.25, -0.2) is 13.8 Å². The minimum Gasteiger partial charge on any atom is -0.399 e. The molecule has 1 aromatic heterocycles. The summed E-state index contributed by atoms with van der Waals surface area (Å²) in [5.74, 6) is -1.92. The van der Waals surface area contributed by atoms with Crippen LogP contribution in [0.15, 0.2) is 41.2 Å². The SMILES string of the molecule is CCN(CC)c1nc2ccc(N)cc2c(=O)n1NC(=O)Cc1cc(F)cc(F)c1. The van der Waals surface area contributed by atoms with E-state index in [4.69, 9.17) is 5.73 Å². The number of hydrogen-bond donors (Lipinski definition) is 2. The second-order valence-electron chi connectivity index (χ2n) is 6.49. The van der Waals surface area contributed by atoms with Crippen LogP contribution < -0.4 is 21.6 Å². The number of amides is 1. The van der Waals surface area contributed by atoms with Crippen molar-refractivity contribution in [2.45, 2.75) is 20.3 Å². The van der Waals surface area contributed by atoms with Crippen molar-refractivity contribution in [3.05, 3.63) is 63.9 Å². The van der Waals surface area contributed by atoms with Crippen molar-refractivity contribution in [3.63, 3.8) is 0 Å². The number of nitrogens with one attached hydrogen (secondary N) is 1. The first-order chi connectivity index (χ1) is 13.8. The van der Waals surface area contributed by atoms with Crippen LogP contribution in [0.25, 0.3) is 10.9 Å². The molecule has 0 saturated heterocycles. The lowest BCUT2D eigenvalue weighted by atomic mass is 10.1. The maximum absolute atomic E-state index is 13.4. The van der Waals surface area contributed by atoms with E-state index < -0.39 is 23.1 Å². The van der Waals surface area contributed by atoms with E-state index in [9.17, 15) is 18.4 Å². The van der Waals surface area contributed by atoms with Gasteiger partial charge >= 0.3 is 0 Å². The second-order valence-corrected chi connectivity index (χ2v) is 6.49. The van der Waals surface area contributed by atoms with Crippen molar-refractivity contribution in [2.24, 2.45) is 0 Å². The predicted octanol–water partition coefficient (Wildman–Crippen LogP) is 2.42. The lowest BCUT2D eigenvalue weighted by Gasteiger charge is -2.24. The number of anilines is 2. The number of hydrogen-bond acceptors (Lipinski definition) is 5. The molecule has 3 rings (SSSR count). The molecule has 0 aliphatic carbocycles. The Hall–Kier alpha value is -3.49. The van der Waals surface area contributed by atoms with E-state index in [1.807, 2.05) is 13.8 Å². The molecular weight excluding hydrogens is 380 g/mol. The number of carbonyl (C=O) groups is 1. The Kier molecular flexibility index (Phi) is 5.76. The Bertz CT molecular complexity index is 1110. The Morgan fingerprint density at radius 3 is 2.41 bits per heavy atom. The van der Waals surface area contributed by atoms with Crippen LogP contribution in [0.2, 0.25) is 0 Å². The molecule has 29 heavy (non-hydrogen) atoms. The number of benzene rings is 2. The van der Waals surface area contributed by atoms with Gasteiger partial charge in [0, 0.05) is 24.8 Å². The van der Waals surface area contributed by atoms with Gasteiger partial charge in [-0.05, 0) is 49.7 Å². The molecule has 152 valence electrons. The fourth-order valence-corrected chi connectivity index (χ4v) is 3.07. The van der Waals surface area contributed by atoms with E-state index in [-0.39, 0.29) is 23.3 Å². The zero-order chi connectivity index (χ0) is 21.1. The summed E-state index contributed by atoms with van der Waals surface area (Å²) >= 11 is 0.